The Hall–Kier alpha value is -3.09. The maximum absolute atomic E-state index is 14.5. The molecule has 0 saturated carbocycles. The van der Waals surface area contributed by atoms with Crippen LogP contribution in [0.4, 0.5) is 8.78 Å². The Labute approximate surface area is 178 Å². The number of ether oxygens (including phenoxy) is 3. The van der Waals surface area contributed by atoms with Gasteiger partial charge in [0.1, 0.15) is 5.82 Å². The minimum absolute atomic E-state index is 0.129. The van der Waals surface area contributed by atoms with E-state index in [-0.39, 0.29) is 29.3 Å². The lowest BCUT2D eigenvalue weighted by atomic mass is 10.0. The molecule has 0 spiro atoms. The molecule has 2 unspecified atom stereocenters. The van der Waals surface area contributed by atoms with Crippen molar-refractivity contribution in [2.24, 2.45) is 0 Å². The van der Waals surface area contributed by atoms with E-state index in [1.54, 1.807) is 36.4 Å². The van der Waals surface area contributed by atoms with Crippen molar-refractivity contribution in [3.8, 4) is 16.9 Å². The monoisotopic (exact) mass is 422 g/mol. The van der Waals surface area contributed by atoms with Gasteiger partial charge in [0.05, 0.1) is 31.0 Å². The van der Waals surface area contributed by atoms with E-state index in [4.69, 9.17) is 14.2 Å². The highest BCUT2D eigenvalue weighted by molar-refractivity contribution is 5.91. The third-order valence-electron chi connectivity index (χ3n) is 5.40. The summed E-state index contributed by atoms with van der Waals surface area (Å²) in [5.74, 6) is -1.73. The largest absolute Gasteiger partial charge is 0.420 e. The van der Waals surface area contributed by atoms with Gasteiger partial charge in [0.15, 0.2) is 11.6 Å². The zero-order valence-corrected chi connectivity index (χ0v) is 16.6. The van der Waals surface area contributed by atoms with Crippen LogP contribution in [0.2, 0.25) is 0 Å². The summed E-state index contributed by atoms with van der Waals surface area (Å²) >= 11 is 0. The molecule has 6 heteroatoms. The predicted molar refractivity (Wildman–Crippen MR) is 110 cm³/mol. The van der Waals surface area contributed by atoms with E-state index in [2.05, 4.69) is 0 Å². The smallest absolute Gasteiger partial charge is 0.343 e. The molecule has 0 aliphatic carbocycles. The Morgan fingerprint density at radius 1 is 0.839 bits per heavy atom. The first-order valence-corrected chi connectivity index (χ1v) is 10.2. The second-order valence-corrected chi connectivity index (χ2v) is 7.86. The maximum Gasteiger partial charge on any atom is 0.343 e. The predicted octanol–water partition coefficient (Wildman–Crippen LogP) is 4.73. The highest BCUT2D eigenvalue weighted by Gasteiger charge is 2.24. The van der Waals surface area contributed by atoms with Crippen molar-refractivity contribution in [3.05, 3.63) is 89.0 Å². The quantitative estimate of drug-likeness (QED) is 0.314. The summed E-state index contributed by atoms with van der Waals surface area (Å²) in [5.41, 5.74) is 3.02. The summed E-state index contributed by atoms with van der Waals surface area (Å²) in [6.45, 7) is 1.42. The van der Waals surface area contributed by atoms with Crippen LogP contribution in [0.25, 0.3) is 11.1 Å². The van der Waals surface area contributed by atoms with Crippen molar-refractivity contribution < 1.29 is 27.8 Å². The van der Waals surface area contributed by atoms with Crippen LogP contribution in [0.1, 0.15) is 21.5 Å². The molecule has 2 saturated heterocycles. The van der Waals surface area contributed by atoms with Crippen LogP contribution in [0.5, 0.6) is 5.75 Å². The number of hydrogen-bond acceptors (Lipinski definition) is 4. The number of rotatable bonds is 7. The first-order valence-electron chi connectivity index (χ1n) is 10.2. The van der Waals surface area contributed by atoms with Crippen molar-refractivity contribution in [3.63, 3.8) is 0 Å². The number of carbonyl (C=O) groups excluding carboxylic acids is 1. The van der Waals surface area contributed by atoms with Gasteiger partial charge in [-0.2, -0.15) is 0 Å². The third-order valence-corrected chi connectivity index (χ3v) is 5.40. The standard InChI is InChI=1S/C25H20F2O4/c26-22-11-15(9-19-13-29-19)1-7-21(22)17-3-5-18(6-4-17)25(28)31-24-8-2-16(12-23(24)27)10-20-14-30-20/h1-8,11-12,19-20H,9-10,13-14H2. The van der Waals surface area contributed by atoms with Gasteiger partial charge < -0.3 is 14.2 Å². The van der Waals surface area contributed by atoms with Gasteiger partial charge in [-0.25, -0.2) is 13.6 Å². The van der Waals surface area contributed by atoms with E-state index < -0.39 is 11.8 Å². The average Bonchev–Trinajstić information content (AvgIpc) is 3.68. The van der Waals surface area contributed by atoms with Crippen LogP contribution >= 0.6 is 0 Å². The number of epoxide rings is 2. The maximum atomic E-state index is 14.5. The third kappa shape index (κ3) is 4.81. The number of hydrogen-bond donors (Lipinski definition) is 0. The summed E-state index contributed by atoms with van der Waals surface area (Å²) < 4.78 is 44.3. The Morgan fingerprint density at radius 3 is 1.97 bits per heavy atom. The first kappa shape index (κ1) is 19.8. The minimum atomic E-state index is -0.677. The fourth-order valence-corrected chi connectivity index (χ4v) is 3.52. The van der Waals surface area contributed by atoms with Gasteiger partial charge in [0.2, 0.25) is 0 Å². The van der Waals surface area contributed by atoms with E-state index in [0.29, 0.717) is 30.6 Å². The molecule has 3 aromatic carbocycles. The summed E-state index contributed by atoms with van der Waals surface area (Å²) in [7, 11) is 0. The molecule has 2 atom stereocenters. The van der Waals surface area contributed by atoms with Crippen molar-refractivity contribution in [2.45, 2.75) is 25.0 Å². The fraction of sp³-hybridized carbons (Fsp3) is 0.240. The number of benzene rings is 3. The molecule has 2 aliphatic heterocycles. The van der Waals surface area contributed by atoms with Crippen LogP contribution in [-0.4, -0.2) is 31.4 Å². The summed E-state index contributed by atoms with van der Waals surface area (Å²) in [5, 5.41) is 0. The van der Waals surface area contributed by atoms with Crippen LogP contribution < -0.4 is 4.74 Å². The SMILES string of the molecule is O=C(Oc1ccc(CC2CO2)cc1F)c1ccc(-c2ccc(CC3CO3)cc2F)cc1. The lowest BCUT2D eigenvalue weighted by molar-refractivity contribution is 0.0728. The molecule has 0 aromatic heterocycles. The molecule has 2 fully saturated rings. The fourth-order valence-electron chi connectivity index (χ4n) is 3.52. The summed E-state index contributed by atoms with van der Waals surface area (Å²) in [4.78, 5) is 12.4. The van der Waals surface area contributed by atoms with Gasteiger partial charge in [-0.1, -0.05) is 30.3 Å². The molecule has 0 bridgehead atoms. The molecule has 2 aliphatic rings. The molecule has 0 amide bonds. The van der Waals surface area contributed by atoms with Crippen molar-refractivity contribution in [1.82, 2.24) is 0 Å². The van der Waals surface area contributed by atoms with Gasteiger partial charge in [-0.3, -0.25) is 0 Å². The van der Waals surface area contributed by atoms with E-state index in [1.807, 2.05) is 6.07 Å². The van der Waals surface area contributed by atoms with Crippen molar-refractivity contribution in [1.29, 1.82) is 0 Å². The molecule has 0 radical (unpaired) electrons. The van der Waals surface area contributed by atoms with Crippen LogP contribution in [0.15, 0.2) is 60.7 Å². The normalized spacial score (nSPS) is 19.2. The number of halogens is 2. The summed E-state index contributed by atoms with van der Waals surface area (Å²) in [6.07, 6.45) is 1.69. The first-order chi connectivity index (χ1) is 15.0. The Morgan fingerprint density at radius 2 is 1.42 bits per heavy atom. The van der Waals surface area contributed by atoms with Gasteiger partial charge in [-0.15, -0.1) is 0 Å². The van der Waals surface area contributed by atoms with Gasteiger partial charge in [0, 0.05) is 18.4 Å². The Balaban J connectivity index is 1.26. The van der Waals surface area contributed by atoms with Gasteiger partial charge in [0.25, 0.3) is 0 Å². The lowest BCUT2D eigenvalue weighted by Crippen LogP contribution is -2.09. The second kappa shape index (κ2) is 8.21. The average molecular weight is 422 g/mol. The van der Waals surface area contributed by atoms with Gasteiger partial charge >= 0.3 is 5.97 Å². The Bertz CT molecular complexity index is 1120. The molecule has 3 aromatic rings. The molecule has 0 N–H and O–H groups in total. The number of esters is 1. The zero-order valence-electron chi connectivity index (χ0n) is 16.6. The lowest BCUT2D eigenvalue weighted by Gasteiger charge is -2.09. The molecule has 2 heterocycles. The van der Waals surface area contributed by atoms with E-state index >= 15 is 0 Å². The molecule has 31 heavy (non-hydrogen) atoms. The molecular formula is C25H20F2O4. The van der Waals surface area contributed by atoms with Crippen molar-refractivity contribution in [2.75, 3.05) is 13.2 Å². The topological polar surface area (TPSA) is 51.4 Å². The summed E-state index contributed by atoms with van der Waals surface area (Å²) in [6, 6.07) is 16.0. The van der Waals surface area contributed by atoms with Crippen molar-refractivity contribution >= 4 is 5.97 Å². The zero-order chi connectivity index (χ0) is 21.4. The van der Waals surface area contributed by atoms with E-state index in [9.17, 15) is 13.6 Å². The Kier molecular flexibility index (Phi) is 5.26. The highest BCUT2D eigenvalue weighted by Crippen LogP contribution is 2.27. The highest BCUT2D eigenvalue weighted by atomic mass is 19.1. The molecule has 158 valence electrons. The van der Waals surface area contributed by atoms with Crippen LogP contribution in [-0.2, 0) is 22.3 Å². The second-order valence-electron chi connectivity index (χ2n) is 7.86. The van der Waals surface area contributed by atoms with E-state index in [1.165, 1.54) is 18.2 Å². The minimum Gasteiger partial charge on any atom is -0.420 e. The molecular weight excluding hydrogens is 402 g/mol. The van der Waals surface area contributed by atoms with Gasteiger partial charge in [-0.05, 0) is 47.0 Å². The number of carbonyl (C=O) groups is 1. The molecule has 4 nitrogen and oxygen atoms in total. The van der Waals surface area contributed by atoms with Crippen LogP contribution in [0.3, 0.4) is 0 Å². The molecule has 5 rings (SSSR count). The van der Waals surface area contributed by atoms with Crippen LogP contribution in [0, 0.1) is 11.6 Å². The van der Waals surface area contributed by atoms with E-state index in [0.717, 1.165) is 17.7 Å².